The number of nitriles is 1. The molecule has 0 aromatic carbocycles. The van der Waals surface area contributed by atoms with Gasteiger partial charge >= 0.3 is 0 Å². The number of hydrogen-bond donors (Lipinski definition) is 1. The number of nitrogens with zero attached hydrogens (tertiary/aromatic N) is 4. The molecule has 1 N–H and O–H groups in total. The monoisotopic (exact) mass is 267 g/mol. The molecule has 2 atom stereocenters. The molecular weight excluding hydrogens is 246 g/mol. The van der Waals surface area contributed by atoms with Gasteiger partial charge in [0, 0.05) is 18.3 Å². The van der Waals surface area contributed by atoms with E-state index >= 15 is 0 Å². The molecule has 0 amide bonds. The van der Waals surface area contributed by atoms with E-state index < -0.39 is 5.54 Å². The van der Waals surface area contributed by atoms with Crippen LogP contribution in [0.1, 0.15) is 34.1 Å². The number of aryl methyl sites for hydroxylation is 1. The summed E-state index contributed by atoms with van der Waals surface area (Å²) in [6.45, 7) is 8.16. The summed E-state index contributed by atoms with van der Waals surface area (Å²) in [5, 5.41) is 17.8. The zero-order chi connectivity index (χ0) is 13.8. The van der Waals surface area contributed by atoms with Crippen LogP contribution in [0.25, 0.3) is 0 Å². The van der Waals surface area contributed by atoms with Crippen molar-refractivity contribution in [2.45, 2.75) is 56.1 Å². The van der Waals surface area contributed by atoms with E-state index in [4.69, 9.17) is 0 Å². The van der Waals surface area contributed by atoms with Gasteiger partial charge in [0.1, 0.15) is 11.9 Å². The standard InChI is InChI=1S/C12H21N5S/c1-9(2)16-12(4,7-13)6-10(3)18-11-14-8-15-17(11)5/h8-10,16H,6H2,1-5H3. The highest BCUT2D eigenvalue weighted by atomic mass is 32.2. The highest BCUT2D eigenvalue weighted by molar-refractivity contribution is 7.99. The Morgan fingerprint density at radius 2 is 2.22 bits per heavy atom. The van der Waals surface area contributed by atoms with E-state index in [0.29, 0.717) is 11.3 Å². The predicted octanol–water partition coefficient (Wildman–Crippen LogP) is 1.97. The summed E-state index contributed by atoms with van der Waals surface area (Å²) in [5.41, 5.74) is -0.501. The van der Waals surface area contributed by atoms with Crippen molar-refractivity contribution in [3.05, 3.63) is 6.33 Å². The summed E-state index contributed by atoms with van der Waals surface area (Å²) in [6, 6.07) is 2.66. The van der Waals surface area contributed by atoms with Crippen LogP contribution >= 0.6 is 11.8 Å². The zero-order valence-corrected chi connectivity index (χ0v) is 12.5. The highest BCUT2D eigenvalue weighted by Gasteiger charge is 2.27. The van der Waals surface area contributed by atoms with Crippen molar-refractivity contribution in [2.75, 3.05) is 0 Å². The number of thioether (sulfide) groups is 1. The quantitative estimate of drug-likeness (QED) is 0.798. The van der Waals surface area contributed by atoms with Crippen molar-refractivity contribution in [1.29, 1.82) is 5.26 Å². The molecule has 0 saturated heterocycles. The van der Waals surface area contributed by atoms with Crippen LogP contribution in [0.2, 0.25) is 0 Å². The molecule has 1 aromatic heterocycles. The summed E-state index contributed by atoms with van der Waals surface area (Å²) in [6.07, 6.45) is 2.31. The van der Waals surface area contributed by atoms with Gasteiger partial charge in [-0.1, -0.05) is 18.7 Å². The Balaban J connectivity index is 2.60. The van der Waals surface area contributed by atoms with Gasteiger partial charge in [-0.3, -0.25) is 5.32 Å². The molecular formula is C12H21N5S. The molecule has 6 heteroatoms. The van der Waals surface area contributed by atoms with Gasteiger partial charge in [-0.25, -0.2) is 9.67 Å². The van der Waals surface area contributed by atoms with Gasteiger partial charge in [-0.05, 0) is 27.2 Å². The molecule has 5 nitrogen and oxygen atoms in total. The van der Waals surface area contributed by atoms with Gasteiger partial charge in [-0.15, -0.1) is 0 Å². The second-order valence-corrected chi connectivity index (χ2v) is 6.45. The normalized spacial score (nSPS) is 16.3. The minimum absolute atomic E-state index is 0.293. The number of aromatic nitrogens is 3. The molecule has 0 spiro atoms. The lowest BCUT2D eigenvalue weighted by molar-refractivity contribution is 0.382. The maximum Gasteiger partial charge on any atom is 0.186 e. The van der Waals surface area contributed by atoms with Crippen LogP contribution in [0, 0.1) is 11.3 Å². The fourth-order valence-corrected chi connectivity index (χ4v) is 3.05. The molecule has 1 rings (SSSR count). The Kier molecular flexibility index (Phi) is 5.17. The van der Waals surface area contributed by atoms with Crippen molar-refractivity contribution >= 4 is 11.8 Å². The molecule has 0 aliphatic heterocycles. The SMILES string of the molecule is CC(C)NC(C)(C#N)CC(C)Sc1ncnn1C. The lowest BCUT2D eigenvalue weighted by atomic mass is 9.97. The van der Waals surface area contributed by atoms with Crippen LogP contribution in [0.3, 0.4) is 0 Å². The second-order valence-electron chi connectivity index (χ2n) is 5.04. The molecule has 100 valence electrons. The Morgan fingerprint density at radius 1 is 1.56 bits per heavy atom. The number of nitrogens with one attached hydrogen (secondary N) is 1. The first-order valence-corrected chi connectivity index (χ1v) is 6.94. The van der Waals surface area contributed by atoms with Crippen molar-refractivity contribution in [1.82, 2.24) is 20.1 Å². The third-order valence-electron chi connectivity index (χ3n) is 2.53. The molecule has 1 aromatic rings. The Hall–Kier alpha value is -1.06. The fourth-order valence-electron chi connectivity index (χ4n) is 1.96. The van der Waals surface area contributed by atoms with E-state index in [2.05, 4.69) is 42.2 Å². The van der Waals surface area contributed by atoms with Crippen LogP contribution < -0.4 is 5.32 Å². The van der Waals surface area contributed by atoms with Gasteiger partial charge in [0.05, 0.1) is 6.07 Å². The van der Waals surface area contributed by atoms with E-state index in [1.165, 1.54) is 0 Å². The molecule has 0 fully saturated rings. The molecule has 0 radical (unpaired) electrons. The number of rotatable bonds is 6. The average Bonchev–Trinajstić information content (AvgIpc) is 2.63. The van der Waals surface area contributed by atoms with Crippen LogP contribution in [-0.4, -0.2) is 31.6 Å². The lowest BCUT2D eigenvalue weighted by Gasteiger charge is -2.28. The predicted molar refractivity (Wildman–Crippen MR) is 73.2 cm³/mol. The lowest BCUT2D eigenvalue weighted by Crippen LogP contribution is -2.46. The minimum atomic E-state index is -0.501. The average molecular weight is 267 g/mol. The first kappa shape index (κ1) is 15.0. The van der Waals surface area contributed by atoms with Crippen molar-refractivity contribution in [3.63, 3.8) is 0 Å². The summed E-state index contributed by atoms with van der Waals surface area (Å²) < 4.78 is 1.75. The first-order valence-electron chi connectivity index (χ1n) is 6.06. The summed E-state index contributed by atoms with van der Waals surface area (Å²) in [4.78, 5) is 4.18. The van der Waals surface area contributed by atoms with Gasteiger partial charge in [0.25, 0.3) is 0 Å². The summed E-state index contributed by atoms with van der Waals surface area (Å²) in [5.74, 6) is 0. The minimum Gasteiger partial charge on any atom is -0.297 e. The van der Waals surface area contributed by atoms with Crippen molar-refractivity contribution < 1.29 is 0 Å². The topological polar surface area (TPSA) is 66.5 Å². The smallest absolute Gasteiger partial charge is 0.186 e. The molecule has 0 bridgehead atoms. The fraction of sp³-hybridized carbons (Fsp3) is 0.750. The summed E-state index contributed by atoms with van der Waals surface area (Å²) >= 11 is 1.64. The van der Waals surface area contributed by atoms with E-state index in [1.807, 2.05) is 14.0 Å². The maximum absolute atomic E-state index is 9.31. The molecule has 1 heterocycles. The first-order chi connectivity index (χ1) is 8.36. The molecule has 0 saturated carbocycles. The molecule has 2 unspecified atom stereocenters. The Morgan fingerprint density at radius 3 is 2.67 bits per heavy atom. The Bertz CT molecular complexity index is 422. The molecule has 0 aliphatic rings. The van der Waals surface area contributed by atoms with E-state index in [9.17, 15) is 5.26 Å². The van der Waals surface area contributed by atoms with Gasteiger partial charge in [0.2, 0.25) is 0 Å². The highest BCUT2D eigenvalue weighted by Crippen LogP contribution is 2.26. The third-order valence-corrected chi connectivity index (χ3v) is 3.68. The second kappa shape index (κ2) is 6.21. The molecule has 0 aliphatic carbocycles. The summed E-state index contributed by atoms with van der Waals surface area (Å²) in [7, 11) is 1.87. The van der Waals surface area contributed by atoms with Crippen molar-refractivity contribution in [3.8, 4) is 6.07 Å². The van der Waals surface area contributed by atoms with Gasteiger partial charge in [0.15, 0.2) is 5.16 Å². The largest absolute Gasteiger partial charge is 0.297 e. The van der Waals surface area contributed by atoms with E-state index in [1.54, 1.807) is 22.8 Å². The van der Waals surface area contributed by atoms with Crippen LogP contribution in [0.5, 0.6) is 0 Å². The van der Waals surface area contributed by atoms with E-state index in [-0.39, 0.29) is 0 Å². The molecule has 18 heavy (non-hydrogen) atoms. The van der Waals surface area contributed by atoms with Crippen LogP contribution in [0.4, 0.5) is 0 Å². The third kappa shape index (κ3) is 4.31. The van der Waals surface area contributed by atoms with Crippen molar-refractivity contribution in [2.24, 2.45) is 7.05 Å². The van der Waals surface area contributed by atoms with Gasteiger partial charge in [-0.2, -0.15) is 10.4 Å². The van der Waals surface area contributed by atoms with Gasteiger partial charge < -0.3 is 0 Å². The van der Waals surface area contributed by atoms with Crippen LogP contribution in [0.15, 0.2) is 11.5 Å². The Labute approximate surface area is 113 Å². The zero-order valence-electron chi connectivity index (χ0n) is 11.6. The van der Waals surface area contributed by atoms with E-state index in [0.717, 1.165) is 11.6 Å². The number of hydrogen-bond acceptors (Lipinski definition) is 5. The maximum atomic E-state index is 9.31. The van der Waals surface area contributed by atoms with Crippen LogP contribution in [-0.2, 0) is 7.05 Å².